The fourth-order valence-electron chi connectivity index (χ4n) is 2.05. The van der Waals surface area contributed by atoms with Crippen molar-refractivity contribution < 1.29 is 8.42 Å². The van der Waals surface area contributed by atoms with E-state index in [0.717, 1.165) is 20.9 Å². The van der Waals surface area contributed by atoms with Crippen molar-refractivity contribution in [1.29, 1.82) is 0 Å². The van der Waals surface area contributed by atoms with Gasteiger partial charge in [-0.1, -0.05) is 29.8 Å². The minimum absolute atomic E-state index is 0.336. The summed E-state index contributed by atoms with van der Waals surface area (Å²) in [6.45, 7) is 4.17. The molecule has 1 aromatic heterocycles. The SMILES string of the molecule is Cc1ccc(CN(C)S(=O)(=O)c2cc(CCl)sc2C)cc1. The van der Waals surface area contributed by atoms with Gasteiger partial charge < -0.3 is 0 Å². The number of halogens is 1. The molecule has 0 unspecified atom stereocenters. The van der Waals surface area contributed by atoms with Gasteiger partial charge in [0, 0.05) is 23.3 Å². The van der Waals surface area contributed by atoms with Crippen LogP contribution in [0.4, 0.5) is 0 Å². The zero-order chi connectivity index (χ0) is 15.6. The van der Waals surface area contributed by atoms with Crippen LogP contribution in [-0.4, -0.2) is 19.8 Å². The minimum atomic E-state index is -3.48. The Hall–Kier alpha value is -0.880. The Balaban J connectivity index is 2.25. The fraction of sp³-hybridized carbons (Fsp3) is 0.333. The lowest BCUT2D eigenvalue weighted by molar-refractivity contribution is 0.466. The van der Waals surface area contributed by atoms with Gasteiger partial charge in [-0.25, -0.2) is 8.42 Å². The highest BCUT2D eigenvalue weighted by molar-refractivity contribution is 7.89. The highest BCUT2D eigenvalue weighted by atomic mass is 35.5. The lowest BCUT2D eigenvalue weighted by Gasteiger charge is -2.17. The summed E-state index contributed by atoms with van der Waals surface area (Å²) in [5, 5.41) is 0. The molecule has 0 aliphatic rings. The zero-order valence-corrected chi connectivity index (χ0v) is 14.6. The summed E-state index contributed by atoms with van der Waals surface area (Å²) in [6, 6.07) is 9.54. The van der Waals surface area contributed by atoms with Gasteiger partial charge in [0.2, 0.25) is 10.0 Å². The van der Waals surface area contributed by atoms with Crippen LogP contribution in [0, 0.1) is 13.8 Å². The first-order valence-corrected chi connectivity index (χ1v) is 9.31. The van der Waals surface area contributed by atoms with E-state index in [2.05, 4.69) is 0 Å². The number of aryl methyl sites for hydroxylation is 2. The monoisotopic (exact) mass is 343 g/mol. The van der Waals surface area contributed by atoms with Gasteiger partial charge in [-0.15, -0.1) is 22.9 Å². The minimum Gasteiger partial charge on any atom is -0.207 e. The molecule has 0 aliphatic heterocycles. The number of thiophene rings is 1. The fourth-order valence-corrected chi connectivity index (χ4v) is 4.90. The molecule has 0 fully saturated rings. The first-order chi connectivity index (χ1) is 9.84. The van der Waals surface area contributed by atoms with E-state index in [1.807, 2.05) is 38.1 Å². The molecule has 0 radical (unpaired) electrons. The number of nitrogens with zero attached hydrogens (tertiary/aromatic N) is 1. The van der Waals surface area contributed by atoms with Crippen LogP contribution in [-0.2, 0) is 22.4 Å². The maximum Gasteiger partial charge on any atom is 0.244 e. The van der Waals surface area contributed by atoms with E-state index < -0.39 is 10.0 Å². The van der Waals surface area contributed by atoms with Crippen molar-refractivity contribution in [2.45, 2.75) is 31.2 Å². The Kier molecular flexibility index (Phi) is 5.09. The van der Waals surface area contributed by atoms with E-state index in [1.165, 1.54) is 15.6 Å². The van der Waals surface area contributed by atoms with Gasteiger partial charge >= 0.3 is 0 Å². The van der Waals surface area contributed by atoms with Crippen LogP contribution in [0.1, 0.15) is 20.9 Å². The van der Waals surface area contributed by atoms with E-state index in [9.17, 15) is 8.42 Å². The van der Waals surface area contributed by atoms with Crippen LogP contribution < -0.4 is 0 Å². The van der Waals surface area contributed by atoms with Crippen LogP contribution in [0.15, 0.2) is 35.2 Å². The van der Waals surface area contributed by atoms with Crippen LogP contribution >= 0.6 is 22.9 Å². The Morgan fingerprint density at radius 2 is 1.81 bits per heavy atom. The molecule has 3 nitrogen and oxygen atoms in total. The highest BCUT2D eigenvalue weighted by Crippen LogP contribution is 2.29. The molecule has 0 spiro atoms. The Bertz CT molecular complexity index is 721. The molecule has 1 heterocycles. The Morgan fingerprint density at radius 1 is 1.19 bits per heavy atom. The maximum atomic E-state index is 12.6. The molecule has 0 saturated carbocycles. The smallest absolute Gasteiger partial charge is 0.207 e. The van der Waals surface area contributed by atoms with E-state index in [4.69, 9.17) is 11.6 Å². The van der Waals surface area contributed by atoms with Crippen molar-refractivity contribution in [3.63, 3.8) is 0 Å². The molecule has 0 N–H and O–H groups in total. The molecular weight excluding hydrogens is 326 g/mol. The number of rotatable bonds is 5. The van der Waals surface area contributed by atoms with Crippen LogP contribution in [0.2, 0.25) is 0 Å². The van der Waals surface area contributed by atoms with E-state index in [0.29, 0.717) is 17.3 Å². The van der Waals surface area contributed by atoms with Gasteiger partial charge in [-0.3, -0.25) is 0 Å². The molecule has 2 rings (SSSR count). The van der Waals surface area contributed by atoms with Gasteiger partial charge in [-0.2, -0.15) is 4.31 Å². The van der Waals surface area contributed by atoms with Crippen molar-refractivity contribution in [3.8, 4) is 0 Å². The summed E-state index contributed by atoms with van der Waals surface area (Å²) in [5.41, 5.74) is 2.13. The number of alkyl halides is 1. The van der Waals surface area contributed by atoms with Crippen molar-refractivity contribution in [2.75, 3.05) is 7.05 Å². The van der Waals surface area contributed by atoms with Crippen molar-refractivity contribution in [3.05, 3.63) is 51.2 Å². The van der Waals surface area contributed by atoms with E-state index >= 15 is 0 Å². The van der Waals surface area contributed by atoms with Crippen molar-refractivity contribution >= 4 is 33.0 Å². The third-order valence-corrected chi connectivity index (χ3v) is 6.82. The second kappa shape index (κ2) is 6.48. The quantitative estimate of drug-likeness (QED) is 0.771. The molecule has 0 saturated heterocycles. The standard InChI is InChI=1S/C15H18ClNO2S2/c1-11-4-6-13(7-5-11)10-17(3)21(18,19)15-8-14(9-16)20-12(15)2/h4-8H,9-10H2,1-3H3. The topological polar surface area (TPSA) is 37.4 Å². The number of hydrogen-bond acceptors (Lipinski definition) is 3. The molecule has 1 aromatic carbocycles. The predicted molar refractivity (Wildman–Crippen MR) is 88.4 cm³/mol. The molecule has 0 amide bonds. The lowest BCUT2D eigenvalue weighted by Crippen LogP contribution is -2.26. The Morgan fingerprint density at radius 3 is 2.33 bits per heavy atom. The first kappa shape index (κ1) is 16.5. The molecule has 0 atom stereocenters. The summed E-state index contributed by atoms with van der Waals surface area (Å²) in [5.74, 6) is 0.336. The van der Waals surface area contributed by atoms with Gasteiger partial charge in [0.1, 0.15) is 0 Å². The van der Waals surface area contributed by atoms with Crippen LogP contribution in [0.3, 0.4) is 0 Å². The predicted octanol–water partition coefficient (Wildman–Crippen LogP) is 3.92. The third kappa shape index (κ3) is 3.66. The summed E-state index contributed by atoms with van der Waals surface area (Å²) < 4.78 is 26.7. The van der Waals surface area contributed by atoms with Gasteiger partial charge in [-0.05, 0) is 25.5 Å². The van der Waals surface area contributed by atoms with E-state index in [-0.39, 0.29) is 0 Å². The number of hydrogen-bond donors (Lipinski definition) is 0. The highest BCUT2D eigenvalue weighted by Gasteiger charge is 2.24. The Labute approximate surface area is 135 Å². The average Bonchev–Trinajstić information content (AvgIpc) is 2.83. The molecule has 0 bridgehead atoms. The van der Waals surface area contributed by atoms with Gasteiger partial charge in [0.25, 0.3) is 0 Å². The zero-order valence-electron chi connectivity index (χ0n) is 12.3. The molecule has 0 aliphatic carbocycles. The van der Waals surface area contributed by atoms with Gasteiger partial charge in [0.05, 0.1) is 10.8 Å². The average molecular weight is 344 g/mol. The van der Waals surface area contributed by atoms with E-state index in [1.54, 1.807) is 13.1 Å². The third-order valence-electron chi connectivity index (χ3n) is 3.27. The van der Waals surface area contributed by atoms with Crippen molar-refractivity contribution in [2.24, 2.45) is 0 Å². The molecular formula is C15H18ClNO2S2. The van der Waals surface area contributed by atoms with Gasteiger partial charge in [0.15, 0.2) is 0 Å². The second-order valence-corrected chi connectivity index (χ2v) is 8.63. The summed E-state index contributed by atoms with van der Waals surface area (Å²) in [4.78, 5) is 2.01. The molecule has 2 aromatic rings. The van der Waals surface area contributed by atoms with Crippen LogP contribution in [0.25, 0.3) is 0 Å². The summed E-state index contributed by atoms with van der Waals surface area (Å²) in [6.07, 6.45) is 0. The first-order valence-electron chi connectivity index (χ1n) is 6.51. The number of benzene rings is 1. The molecule has 21 heavy (non-hydrogen) atoms. The van der Waals surface area contributed by atoms with Crippen LogP contribution in [0.5, 0.6) is 0 Å². The van der Waals surface area contributed by atoms with Crippen molar-refractivity contribution in [1.82, 2.24) is 4.31 Å². The normalized spacial score (nSPS) is 12.0. The largest absolute Gasteiger partial charge is 0.244 e. The summed E-state index contributed by atoms with van der Waals surface area (Å²) in [7, 11) is -1.88. The summed E-state index contributed by atoms with van der Waals surface area (Å²) >= 11 is 7.22. The number of sulfonamides is 1. The maximum absolute atomic E-state index is 12.6. The molecule has 6 heteroatoms. The lowest BCUT2D eigenvalue weighted by atomic mass is 10.1. The second-order valence-electron chi connectivity index (χ2n) is 5.01. The molecule has 114 valence electrons.